The average Bonchev–Trinajstić information content (AvgIpc) is 3.01. The van der Waals surface area contributed by atoms with E-state index in [0.29, 0.717) is 19.4 Å². The molecule has 2 amide bonds. The summed E-state index contributed by atoms with van der Waals surface area (Å²) in [7, 11) is 0. The Labute approximate surface area is 171 Å². The Kier molecular flexibility index (Phi) is 5.61. The molecule has 4 rings (SSSR count). The number of carbonyl (C=O) groups excluding carboxylic acids is 2. The van der Waals surface area contributed by atoms with Crippen molar-refractivity contribution in [3.63, 3.8) is 0 Å². The molecule has 0 aromatic heterocycles. The number of aryl methyl sites for hydroxylation is 1. The predicted molar refractivity (Wildman–Crippen MR) is 117 cm³/mol. The third-order valence-corrected chi connectivity index (χ3v) is 5.55. The van der Waals surface area contributed by atoms with Crippen LogP contribution in [0.15, 0.2) is 66.7 Å². The second-order valence-electron chi connectivity index (χ2n) is 7.73. The highest BCUT2D eigenvalue weighted by Gasteiger charge is 2.29. The van der Waals surface area contributed by atoms with E-state index in [1.165, 1.54) is 5.56 Å². The Hall–Kier alpha value is -3.14. The molecule has 0 radical (unpaired) electrons. The van der Waals surface area contributed by atoms with E-state index in [1.54, 1.807) is 0 Å². The molecule has 0 saturated carbocycles. The van der Waals surface area contributed by atoms with Gasteiger partial charge in [0.25, 0.3) is 5.91 Å². The van der Waals surface area contributed by atoms with Gasteiger partial charge >= 0.3 is 0 Å². The van der Waals surface area contributed by atoms with Gasteiger partial charge in [0.1, 0.15) is 0 Å². The van der Waals surface area contributed by atoms with Gasteiger partial charge in [-0.05, 0) is 49.3 Å². The molecular formula is C25H26N2O2. The molecule has 0 spiro atoms. The molecule has 0 saturated heterocycles. The molecule has 4 nitrogen and oxygen atoms in total. The van der Waals surface area contributed by atoms with Gasteiger partial charge < -0.3 is 10.2 Å². The molecule has 1 atom stereocenters. The molecule has 0 fully saturated rings. The van der Waals surface area contributed by atoms with Crippen LogP contribution in [0.3, 0.4) is 0 Å². The van der Waals surface area contributed by atoms with Crippen LogP contribution in [-0.2, 0) is 11.2 Å². The van der Waals surface area contributed by atoms with E-state index in [2.05, 4.69) is 17.4 Å². The molecule has 0 aliphatic carbocycles. The fourth-order valence-electron chi connectivity index (χ4n) is 4.05. The molecule has 1 aliphatic rings. The van der Waals surface area contributed by atoms with E-state index < -0.39 is 0 Å². The monoisotopic (exact) mass is 386 g/mol. The summed E-state index contributed by atoms with van der Waals surface area (Å²) in [4.78, 5) is 26.9. The minimum Gasteiger partial charge on any atom is -0.354 e. The van der Waals surface area contributed by atoms with Gasteiger partial charge in [-0.25, -0.2) is 0 Å². The zero-order chi connectivity index (χ0) is 20.2. The minimum atomic E-state index is 0.0356. The summed E-state index contributed by atoms with van der Waals surface area (Å²) in [5.74, 6) is 0.0846. The fourth-order valence-corrected chi connectivity index (χ4v) is 4.05. The van der Waals surface area contributed by atoms with Crippen LogP contribution in [-0.4, -0.2) is 24.4 Å². The topological polar surface area (TPSA) is 49.4 Å². The maximum absolute atomic E-state index is 12.8. The van der Waals surface area contributed by atoms with E-state index in [0.717, 1.165) is 34.9 Å². The van der Waals surface area contributed by atoms with E-state index in [-0.39, 0.29) is 17.9 Å². The Balaban J connectivity index is 1.27. The summed E-state index contributed by atoms with van der Waals surface area (Å²) in [6.45, 7) is 2.60. The lowest BCUT2D eigenvalue weighted by Gasteiger charge is -2.18. The van der Waals surface area contributed by atoms with E-state index >= 15 is 0 Å². The first-order valence-corrected chi connectivity index (χ1v) is 10.3. The molecule has 4 heteroatoms. The summed E-state index contributed by atoms with van der Waals surface area (Å²) in [6, 6.07) is 22.3. The zero-order valence-corrected chi connectivity index (χ0v) is 16.7. The van der Waals surface area contributed by atoms with E-state index in [9.17, 15) is 9.59 Å². The fraction of sp³-hybridized carbons (Fsp3) is 0.280. The number of nitrogens with zero attached hydrogens (tertiary/aromatic N) is 1. The van der Waals surface area contributed by atoms with Crippen molar-refractivity contribution >= 4 is 28.3 Å². The summed E-state index contributed by atoms with van der Waals surface area (Å²) in [6.07, 6.45) is 2.93. The quantitative estimate of drug-likeness (QED) is 0.609. The highest BCUT2D eigenvalue weighted by molar-refractivity contribution is 6.25. The standard InChI is InChI=1S/C25H26N2O2/c1-18(15-16-19-8-3-2-4-9-19)26-23(28)14-7-17-27-22-13-6-11-20-10-5-12-21(24(20)22)25(27)29/h2-6,8-13,18H,7,14-17H2,1H3,(H,26,28). The number of rotatable bonds is 8. The number of hydrogen-bond donors (Lipinski definition) is 1. The number of carbonyl (C=O) groups is 2. The lowest BCUT2D eigenvalue weighted by Crippen LogP contribution is -2.34. The van der Waals surface area contributed by atoms with Crippen LogP contribution in [0, 0.1) is 0 Å². The lowest BCUT2D eigenvalue weighted by molar-refractivity contribution is -0.121. The van der Waals surface area contributed by atoms with E-state index in [4.69, 9.17) is 0 Å². The minimum absolute atomic E-state index is 0.0356. The molecule has 3 aromatic rings. The summed E-state index contributed by atoms with van der Waals surface area (Å²) in [5.41, 5.74) is 3.01. The molecule has 0 bridgehead atoms. The molecule has 29 heavy (non-hydrogen) atoms. The van der Waals surface area contributed by atoms with Crippen LogP contribution < -0.4 is 10.2 Å². The maximum atomic E-state index is 12.8. The Bertz CT molecular complexity index is 1020. The first kappa shape index (κ1) is 19.2. The first-order chi connectivity index (χ1) is 14.1. The second kappa shape index (κ2) is 8.48. The first-order valence-electron chi connectivity index (χ1n) is 10.3. The van der Waals surface area contributed by atoms with Crippen LogP contribution in [0.1, 0.15) is 42.1 Å². The van der Waals surface area contributed by atoms with Crippen LogP contribution in [0.2, 0.25) is 0 Å². The van der Waals surface area contributed by atoms with Gasteiger partial charge in [-0.3, -0.25) is 9.59 Å². The van der Waals surface area contributed by atoms with Crippen molar-refractivity contribution in [2.45, 2.75) is 38.6 Å². The smallest absolute Gasteiger partial charge is 0.258 e. The Morgan fingerprint density at radius 2 is 1.76 bits per heavy atom. The predicted octanol–water partition coefficient (Wildman–Crippen LogP) is 4.72. The van der Waals surface area contributed by atoms with Gasteiger partial charge in [0.15, 0.2) is 0 Å². The molecule has 3 aromatic carbocycles. The van der Waals surface area contributed by atoms with Crippen LogP contribution in [0.4, 0.5) is 5.69 Å². The van der Waals surface area contributed by atoms with Crippen LogP contribution in [0.25, 0.3) is 10.8 Å². The van der Waals surface area contributed by atoms with E-state index in [1.807, 2.05) is 66.4 Å². The van der Waals surface area contributed by atoms with Crippen molar-refractivity contribution in [2.24, 2.45) is 0 Å². The molecule has 1 heterocycles. The lowest BCUT2D eigenvalue weighted by atomic mass is 10.1. The second-order valence-corrected chi connectivity index (χ2v) is 7.73. The van der Waals surface area contributed by atoms with Crippen LogP contribution in [0.5, 0.6) is 0 Å². The largest absolute Gasteiger partial charge is 0.354 e. The zero-order valence-electron chi connectivity index (χ0n) is 16.7. The maximum Gasteiger partial charge on any atom is 0.258 e. The number of amides is 2. The van der Waals surface area contributed by atoms with Gasteiger partial charge in [0.05, 0.1) is 5.69 Å². The van der Waals surface area contributed by atoms with Crippen molar-refractivity contribution < 1.29 is 9.59 Å². The highest BCUT2D eigenvalue weighted by Crippen LogP contribution is 2.37. The molecule has 1 N–H and O–H groups in total. The van der Waals surface area contributed by atoms with Gasteiger partial charge in [-0.2, -0.15) is 0 Å². The number of anilines is 1. The molecular weight excluding hydrogens is 360 g/mol. The number of nitrogens with one attached hydrogen (secondary N) is 1. The third-order valence-electron chi connectivity index (χ3n) is 5.55. The molecule has 1 aliphatic heterocycles. The van der Waals surface area contributed by atoms with Crippen LogP contribution >= 0.6 is 0 Å². The van der Waals surface area contributed by atoms with Crippen molar-refractivity contribution in [3.8, 4) is 0 Å². The van der Waals surface area contributed by atoms with Gasteiger partial charge in [-0.15, -0.1) is 0 Å². The molecule has 148 valence electrons. The molecule has 1 unspecified atom stereocenters. The van der Waals surface area contributed by atoms with Crippen molar-refractivity contribution in [2.75, 3.05) is 11.4 Å². The van der Waals surface area contributed by atoms with Gasteiger partial charge in [0, 0.05) is 30.0 Å². The average molecular weight is 386 g/mol. The SMILES string of the molecule is CC(CCc1ccccc1)NC(=O)CCCN1C(=O)c2cccc3cccc1c23. The Morgan fingerprint density at radius 1 is 1.00 bits per heavy atom. The van der Waals surface area contributed by atoms with Gasteiger partial charge in [0.2, 0.25) is 5.91 Å². The summed E-state index contributed by atoms with van der Waals surface area (Å²) < 4.78 is 0. The van der Waals surface area contributed by atoms with Gasteiger partial charge in [-0.1, -0.05) is 54.6 Å². The number of benzene rings is 3. The number of hydrogen-bond acceptors (Lipinski definition) is 2. The van der Waals surface area contributed by atoms with Crippen molar-refractivity contribution in [3.05, 3.63) is 77.9 Å². The van der Waals surface area contributed by atoms with Crippen molar-refractivity contribution in [1.29, 1.82) is 0 Å². The summed E-state index contributed by atoms with van der Waals surface area (Å²) >= 11 is 0. The third kappa shape index (κ3) is 4.16. The van der Waals surface area contributed by atoms with Crippen molar-refractivity contribution in [1.82, 2.24) is 5.32 Å². The normalized spacial score (nSPS) is 13.7. The Morgan fingerprint density at radius 3 is 2.55 bits per heavy atom. The highest BCUT2D eigenvalue weighted by atomic mass is 16.2. The summed E-state index contributed by atoms with van der Waals surface area (Å²) in [5, 5.41) is 5.19.